The average molecular weight is 652 g/mol. The lowest BCUT2D eigenvalue weighted by molar-refractivity contribution is 0.654. The van der Waals surface area contributed by atoms with E-state index in [2.05, 4.69) is 161 Å². The van der Waals surface area contributed by atoms with Gasteiger partial charge in [-0.2, -0.15) is 0 Å². The fraction of sp³-hybridized carbons (Fsp3) is 0. The van der Waals surface area contributed by atoms with Gasteiger partial charge in [-0.1, -0.05) is 103 Å². The molecule has 0 radical (unpaired) electrons. The second-order valence-electron chi connectivity index (χ2n) is 13.2. The van der Waals surface area contributed by atoms with E-state index < -0.39 is 0 Å². The molecule has 4 nitrogen and oxygen atoms in total. The third kappa shape index (κ3) is 4.11. The van der Waals surface area contributed by atoms with Gasteiger partial charge in [0.25, 0.3) is 0 Å². The topological polar surface area (TPSA) is 35.9 Å². The molecule has 0 amide bonds. The van der Waals surface area contributed by atoms with Crippen LogP contribution < -0.4 is 0 Å². The van der Waals surface area contributed by atoms with Gasteiger partial charge in [0.2, 0.25) is 0 Å². The van der Waals surface area contributed by atoms with E-state index >= 15 is 0 Å². The summed E-state index contributed by atoms with van der Waals surface area (Å²) in [6.07, 6.45) is 1.89. The SMILES string of the molecule is c1ccc(-n2c3ccccc3oc3cc4c(cc32)c2ccc(-n3c5ccccc5c5ccccc53)cc2c2ccccc2c2cccnc24)cc1. The van der Waals surface area contributed by atoms with E-state index in [0.717, 1.165) is 66.0 Å². The Morgan fingerprint density at radius 2 is 0.902 bits per heavy atom. The highest BCUT2D eigenvalue weighted by molar-refractivity contribution is 6.26. The van der Waals surface area contributed by atoms with Crippen LogP contribution in [0.15, 0.2) is 180 Å². The van der Waals surface area contributed by atoms with Gasteiger partial charge in [-0.15, -0.1) is 0 Å². The van der Waals surface area contributed by atoms with Gasteiger partial charge in [-0.3, -0.25) is 4.98 Å². The predicted molar refractivity (Wildman–Crippen MR) is 213 cm³/mol. The molecular formula is C47H29N3O. The van der Waals surface area contributed by atoms with Crippen LogP contribution in [0.25, 0.3) is 98.6 Å². The molecule has 3 heterocycles. The van der Waals surface area contributed by atoms with Crippen LogP contribution in [0.5, 0.6) is 0 Å². The first kappa shape index (κ1) is 28.0. The number of hydrogen-bond acceptors (Lipinski definition) is 2. The third-order valence-corrected chi connectivity index (χ3v) is 10.4. The molecule has 238 valence electrons. The first-order chi connectivity index (χ1) is 25.3. The second-order valence-corrected chi connectivity index (χ2v) is 13.2. The lowest BCUT2D eigenvalue weighted by Crippen LogP contribution is -2.00. The lowest BCUT2D eigenvalue weighted by Gasteiger charge is -2.17. The summed E-state index contributed by atoms with van der Waals surface area (Å²) in [6, 6.07) is 60.6. The number of para-hydroxylation sites is 5. The van der Waals surface area contributed by atoms with Crippen LogP contribution in [-0.4, -0.2) is 14.1 Å². The summed E-state index contributed by atoms with van der Waals surface area (Å²) in [6.45, 7) is 0. The van der Waals surface area contributed by atoms with E-state index in [1.807, 2.05) is 24.4 Å². The molecule has 0 aliphatic heterocycles. The molecule has 0 fully saturated rings. The lowest BCUT2D eigenvalue weighted by atomic mass is 9.95. The zero-order valence-corrected chi connectivity index (χ0v) is 27.5. The Hall–Kier alpha value is -6.91. The predicted octanol–water partition coefficient (Wildman–Crippen LogP) is 12.6. The zero-order chi connectivity index (χ0) is 33.5. The number of benzene rings is 7. The molecule has 51 heavy (non-hydrogen) atoms. The Morgan fingerprint density at radius 3 is 1.67 bits per heavy atom. The van der Waals surface area contributed by atoms with Crippen LogP contribution in [0, 0.1) is 0 Å². The van der Waals surface area contributed by atoms with E-state index in [1.165, 1.54) is 32.6 Å². The van der Waals surface area contributed by atoms with Gasteiger partial charge in [0.05, 0.1) is 27.6 Å². The van der Waals surface area contributed by atoms with E-state index in [1.54, 1.807) is 0 Å². The standard InChI is InChI=1S/C47H29N3O/c1-2-13-30(14-3-1)49-43-22-10-11-23-45(43)51-46-29-40-39(28-44(46)49)34-25-24-31(50-41-20-8-6-17-35(41)36-18-7-9-21-42(36)50)27-38(34)33-16-5-4-15-32(33)37-19-12-26-48-47(37)40/h1-29H. The van der Waals surface area contributed by atoms with Gasteiger partial charge < -0.3 is 13.6 Å². The monoisotopic (exact) mass is 651 g/mol. The Morgan fingerprint density at radius 1 is 0.333 bits per heavy atom. The number of rotatable bonds is 2. The largest absolute Gasteiger partial charge is 0.453 e. The van der Waals surface area contributed by atoms with Gasteiger partial charge in [0.15, 0.2) is 11.2 Å². The molecule has 0 saturated carbocycles. The molecule has 0 aliphatic carbocycles. The molecule has 0 atom stereocenters. The molecule has 0 unspecified atom stereocenters. The van der Waals surface area contributed by atoms with Crippen molar-refractivity contribution in [2.75, 3.05) is 0 Å². The minimum Gasteiger partial charge on any atom is -0.453 e. The third-order valence-electron chi connectivity index (χ3n) is 10.4. The molecule has 0 N–H and O–H groups in total. The number of aromatic nitrogens is 3. The summed E-state index contributed by atoms with van der Waals surface area (Å²) in [5.74, 6) is 0. The Bertz CT molecular complexity index is 3200. The molecule has 11 rings (SSSR count). The highest BCUT2D eigenvalue weighted by Crippen LogP contribution is 2.40. The number of hydrogen-bond donors (Lipinski definition) is 0. The van der Waals surface area contributed by atoms with Gasteiger partial charge in [-0.05, 0) is 93.7 Å². The highest BCUT2D eigenvalue weighted by atomic mass is 16.3. The van der Waals surface area contributed by atoms with Crippen LogP contribution in [-0.2, 0) is 0 Å². The van der Waals surface area contributed by atoms with Crippen LogP contribution in [0.3, 0.4) is 0 Å². The summed E-state index contributed by atoms with van der Waals surface area (Å²) < 4.78 is 11.4. The fourth-order valence-electron chi connectivity index (χ4n) is 8.20. The highest BCUT2D eigenvalue weighted by Gasteiger charge is 2.17. The number of nitrogens with zero attached hydrogens (tertiary/aromatic N) is 3. The van der Waals surface area contributed by atoms with Crippen molar-refractivity contribution in [2.45, 2.75) is 0 Å². The van der Waals surface area contributed by atoms with Crippen molar-refractivity contribution in [2.24, 2.45) is 0 Å². The first-order valence-corrected chi connectivity index (χ1v) is 17.3. The summed E-state index contributed by atoms with van der Waals surface area (Å²) >= 11 is 0. The fourth-order valence-corrected chi connectivity index (χ4v) is 8.20. The summed E-state index contributed by atoms with van der Waals surface area (Å²) in [4.78, 5) is 5.06. The van der Waals surface area contributed by atoms with E-state index in [-0.39, 0.29) is 0 Å². The van der Waals surface area contributed by atoms with Crippen LogP contribution in [0.4, 0.5) is 0 Å². The van der Waals surface area contributed by atoms with Crippen LogP contribution in [0.1, 0.15) is 0 Å². The minimum absolute atomic E-state index is 0.796. The van der Waals surface area contributed by atoms with Crippen LogP contribution >= 0.6 is 0 Å². The smallest absolute Gasteiger partial charge is 0.152 e. The van der Waals surface area contributed by atoms with Crippen molar-refractivity contribution in [1.82, 2.24) is 14.1 Å². The Labute approximate surface area is 292 Å². The molecule has 0 aliphatic rings. The van der Waals surface area contributed by atoms with Crippen molar-refractivity contribution in [3.63, 3.8) is 0 Å². The maximum absolute atomic E-state index is 6.72. The summed E-state index contributed by atoms with van der Waals surface area (Å²) in [5, 5.41) is 10.4. The number of pyridine rings is 1. The van der Waals surface area contributed by atoms with Gasteiger partial charge >= 0.3 is 0 Å². The van der Waals surface area contributed by atoms with E-state index in [4.69, 9.17) is 9.40 Å². The van der Waals surface area contributed by atoms with Crippen molar-refractivity contribution in [3.8, 4) is 11.4 Å². The van der Waals surface area contributed by atoms with Gasteiger partial charge in [0.1, 0.15) is 0 Å². The van der Waals surface area contributed by atoms with E-state index in [9.17, 15) is 0 Å². The van der Waals surface area contributed by atoms with Gasteiger partial charge in [-0.25, -0.2) is 0 Å². The van der Waals surface area contributed by atoms with Gasteiger partial charge in [0, 0.05) is 39.1 Å². The Balaban J connectivity index is 1.37. The zero-order valence-electron chi connectivity index (χ0n) is 27.5. The quantitative estimate of drug-likeness (QED) is 0.174. The minimum atomic E-state index is 0.796. The maximum atomic E-state index is 6.72. The van der Waals surface area contributed by atoms with Crippen molar-refractivity contribution < 1.29 is 4.42 Å². The Kier molecular flexibility index (Phi) is 5.92. The molecule has 0 saturated heterocycles. The molecular weight excluding hydrogens is 623 g/mol. The van der Waals surface area contributed by atoms with Crippen molar-refractivity contribution >= 4 is 87.2 Å². The summed E-state index contributed by atoms with van der Waals surface area (Å²) in [7, 11) is 0. The van der Waals surface area contributed by atoms with Crippen molar-refractivity contribution in [3.05, 3.63) is 176 Å². The average Bonchev–Trinajstić information content (AvgIpc) is 3.53. The first-order valence-electron chi connectivity index (χ1n) is 17.3. The van der Waals surface area contributed by atoms with Crippen molar-refractivity contribution in [1.29, 1.82) is 0 Å². The van der Waals surface area contributed by atoms with E-state index in [0.29, 0.717) is 0 Å². The molecule has 0 spiro atoms. The molecule has 11 aromatic rings. The normalized spacial score (nSPS) is 11.9. The molecule has 3 aromatic heterocycles. The molecule has 8 aromatic carbocycles. The molecule has 4 heteroatoms. The summed E-state index contributed by atoms with van der Waals surface area (Å²) in [5.41, 5.74) is 9.13. The maximum Gasteiger partial charge on any atom is 0.152 e. The second kappa shape index (κ2) is 10.8. The number of fused-ring (bicyclic) bond motifs is 13. The van der Waals surface area contributed by atoms with Crippen LogP contribution in [0.2, 0.25) is 0 Å². The molecule has 0 bridgehead atoms.